The summed E-state index contributed by atoms with van der Waals surface area (Å²) in [6, 6.07) is 4.31. The fourth-order valence-electron chi connectivity index (χ4n) is 1.51. The van der Waals surface area contributed by atoms with Crippen molar-refractivity contribution in [2.45, 2.75) is 33.2 Å². The molecule has 3 nitrogen and oxygen atoms in total. The number of rotatable bonds is 2. The molecule has 142 valence electrons. The fourth-order valence-corrected chi connectivity index (χ4v) is 1.51. The zero-order chi connectivity index (χ0) is 13.8. The Morgan fingerprint density at radius 1 is 1.00 bits per heavy atom. The SMILES string of the molecule is CC(C)(C)[NH-].Cc1c(N(C)C)cc[c-]1N(C)C.[CH3-].[CH3-].[Cl-].[Cl-].[SiH4].[Ti+2]. The Kier molecular flexibility index (Phi) is 35.6. The zero-order valence-corrected chi connectivity index (χ0v) is 18.9. The van der Waals surface area contributed by atoms with E-state index in [9.17, 15) is 0 Å². The van der Waals surface area contributed by atoms with Crippen LogP contribution in [0, 0.1) is 21.8 Å². The summed E-state index contributed by atoms with van der Waals surface area (Å²) < 4.78 is 0. The van der Waals surface area contributed by atoms with Gasteiger partial charge in [-0.3, -0.25) is 0 Å². The van der Waals surface area contributed by atoms with Crippen LogP contribution in [-0.4, -0.2) is 44.7 Å². The second-order valence-electron chi connectivity index (χ2n) is 5.77. The molecule has 1 N–H and O–H groups in total. The van der Waals surface area contributed by atoms with Gasteiger partial charge in [0.25, 0.3) is 0 Å². The van der Waals surface area contributed by atoms with Crippen LogP contribution in [0.1, 0.15) is 26.3 Å². The largest absolute Gasteiger partial charge is 2.00 e. The predicted molar refractivity (Wildman–Crippen MR) is 104 cm³/mol. The molecule has 0 fully saturated rings. The van der Waals surface area contributed by atoms with Crippen LogP contribution in [0.3, 0.4) is 0 Å². The first-order valence-electron chi connectivity index (χ1n) is 5.90. The van der Waals surface area contributed by atoms with Crippen molar-refractivity contribution in [1.29, 1.82) is 0 Å². The number of nitrogens with zero attached hydrogens (tertiary/aromatic N) is 2. The minimum absolute atomic E-state index is 0. The summed E-state index contributed by atoms with van der Waals surface area (Å²) >= 11 is 0. The number of halogens is 2. The van der Waals surface area contributed by atoms with Crippen molar-refractivity contribution < 1.29 is 46.5 Å². The molecule has 0 amide bonds. The first kappa shape index (κ1) is 43.7. The molecule has 0 radical (unpaired) electrons. The standard InChI is InChI=1S/C10H17N2.C4H10N.2CH3.2ClH.H4Si.Ti/c1-8-9(11(2)3)6-7-10(8)12(4)5;1-4(2,3)5;;;;;;/h6-7H,1-5H3;5H,1-3H3;2*1H3;2*1H;1H4;/q4*-1;;;;+2/p-2. The third-order valence-electron chi connectivity index (χ3n) is 2.13. The topological polar surface area (TPSA) is 30.3 Å². The van der Waals surface area contributed by atoms with E-state index in [-0.39, 0.29) is 77.9 Å². The quantitative estimate of drug-likeness (QED) is 0.382. The van der Waals surface area contributed by atoms with Gasteiger partial charge in [-0.05, 0) is 39.2 Å². The van der Waals surface area contributed by atoms with Gasteiger partial charge in [-0.2, -0.15) is 12.1 Å². The van der Waals surface area contributed by atoms with E-state index >= 15 is 0 Å². The third-order valence-corrected chi connectivity index (χ3v) is 2.13. The number of hydrogen-bond acceptors (Lipinski definition) is 2. The maximum absolute atomic E-state index is 6.94. The van der Waals surface area contributed by atoms with Gasteiger partial charge in [0, 0.05) is 0 Å². The van der Waals surface area contributed by atoms with E-state index < -0.39 is 0 Å². The first-order chi connectivity index (χ1) is 7.54. The van der Waals surface area contributed by atoms with E-state index in [4.69, 9.17) is 5.73 Å². The Balaban J connectivity index is -0.0000000420. The van der Waals surface area contributed by atoms with Crippen molar-refractivity contribution in [3.05, 3.63) is 38.3 Å². The van der Waals surface area contributed by atoms with E-state index in [0.717, 1.165) is 0 Å². The fraction of sp³-hybridized carbons (Fsp3) is 0.562. The summed E-state index contributed by atoms with van der Waals surface area (Å²) in [7, 11) is 8.28. The summed E-state index contributed by atoms with van der Waals surface area (Å²) in [5, 5.41) is 0. The number of hydrogen-bond donors (Lipinski definition) is 0. The van der Waals surface area contributed by atoms with Crippen LogP contribution in [0.4, 0.5) is 11.4 Å². The van der Waals surface area contributed by atoms with Crippen LogP contribution < -0.4 is 34.6 Å². The summed E-state index contributed by atoms with van der Waals surface area (Å²) in [5.41, 5.74) is 10.6. The second-order valence-corrected chi connectivity index (χ2v) is 5.77. The van der Waals surface area contributed by atoms with Gasteiger partial charge in [0.05, 0.1) is 0 Å². The number of nitrogens with one attached hydrogen (secondary N) is 1. The third kappa shape index (κ3) is 20.4. The molecule has 0 spiro atoms. The monoisotopic (exact) mass is 417 g/mol. The Labute approximate surface area is 177 Å². The summed E-state index contributed by atoms with van der Waals surface area (Å²) in [5.74, 6) is 0. The molecule has 0 aliphatic carbocycles. The van der Waals surface area contributed by atoms with Gasteiger partial charge in [-0.15, -0.1) is 16.8 Å². The van der Waals surface area contributed by atoms with Crippen LogP contribution in [0.25, 0.3) is 5.73 Å². The molecule has 1 rings (SSSR count). The van der Waals surface area contributed by atoms with Gasteiger partial charge in [0.2, 0.25) is 0 Å². The maximum Gasteiger partial charge on any atom is 2.00 e. The molecule has 0 atom stereocenters. The molecule has 1 aromatic rings. The molecule has 0 aromatic heterocycles. The summed E-state index contributed by atoms with van der Waals surface area (Å²) in [6.45, 7) is 7.72. The van der Waals surface area contributed by atoms with E-state index in [1.165, 1.54) is 16.9 Å². The minimum atomic E-state index is -0.250. The van der Waals surface area contributed by atoms with Crippen molar-refractivity contribution in [3.63, 3.8) is 0 Å². The maximum atomic E-state index is 6.94. The Morgan fingerprint density at radius 2 is 1.30 bits per heavy atom. The van der Waals surface area contributed by atoms with E-state index in [1.807, 2.05) is 20.8 Å². The van der Waals surface area contributed by atoms with Crippen molar-refractivity contribution in [3.8, 4) is 0 Å². The van der Waals surface area contributed by atoms with Gasteiger partial charge in [0.1, 0.15) is 0 Å². The van der Waals surface area contributed by atoms with Gasteiger partial charge in [-0.1, -0.05) is 33.4 Å². The molecular weight excluding hydrogens is 381 g/mol. The molecule has 0 aliphatic heterocycles. The molecular formula is C16H37Cl2N3SiTi-4. The molecule has 7 heteroatoms. The molecule has 1 aromatic carbocycles. The van der Waals surface area contributed by atoms with E-state index in [0.29, 0.717) is 0 Å². The van der Waals surface area contributed by atoms with Gasteiger partial charge in [0.15, 0.2) is 0 Å². The average molecular weight is 418 g/mol. The Morgan fingerprint density at radius 3 is 1.43 bits per heavy atom. The van der Waals surface area contributed by atoms with E-state index in [1.54, 1.807) is 0 Å². The molecule has 0 heterocycles. The predicted octanol–water partition coefficient (Wildman–Crippen LogP) is -2.86. The molecule has 0 aliphatic rings. The minimum Gasteiger partial charge on any atom is -1.00 e. The molecule has 0 bridgehead atoms. The Bertz CT molecular complexity index is 320. The smallest absolute Gasteiger partial charge is 1.00 e. The van der Waals surface area contributed by atoms with Crippen LogP contribution in [0.15, 0.2) is 12.1 Å². The second kappa shape index (κ2) is 18.8. The van der Waals surface area contributed by atoms with Crippen LogP contribution in [0.5, 0.6) is 0 Å². The average Bonchev–Trinajstić information content (AvgIpc) is 2.43. The summed E-state index contributed by atoms with van der Waals surface area (Å²) in [4.78, 5) is 4.28. The molecule has 0 saturated carbocycles. The van der Waals surface area contributed by atoms with Gasteiger partial charge < -0.3 is 55.2 Å². The normalized spacial score (nSPS) is 7.87. The molecule has 23 heavy (non-hydrogen) atoms. The molecule has 0 unspecified atom stereocenters. The van der Waals surface area contributed by atoms with Gasteiger partial charge in [-0.25, -0.2) is 0 Å². The van der Waals surface area contributed by atoms with Crippen molar-refractivity contribution >= 4 is 22.3 Å². The van der Waals surface area contributed by atoms with Gasteiger partial charge >= 0.3 is 21.7 Å². The zero-order valence-electron chi connectivity index (χ0n) is 15.8. The molecule has 0 saturated heterocycles. The summed E-state index contributed by atoms with van der Waals surface area (Å²) in [6.07, 6.45) is 0. The number of anilines is 2. The van der Waals surface area contributed by atoms with Crippen LogP contribution >= 0.6 is 0 Å². The van der Waals surface area contributed by atoms with Crippen molar-refractivity contribution in [2.75, 3.05) is 38.0 Å². The van der Waals surface area contributed by atoms with Crippen molar-refractivity contribution in [1.82, 2.24) is 0 Å². The van der Waals surface area contributed by atoms with E-state index in [2.05, 4.69) is 57.0 Å². The first-order valence-corrected chi connectivity index (χ1v) is 5.90. The van der Waals surface area contributed by atoms with Crippen molar-refractivity contribution in [2.24, 2.45) is 0 Å². The van der Waals surface area contributed by atoms with Crippen LogP contribution in [0.2, 0.25) is 0 Å². The Hall–Kier alpha value is 0.421. The van der Waals surface area contributed by atoms with Crippen LogP contribution in [-0.2, 0) is 21.7 Å².